The van der Waals surface area contributed by atoms with Crippen LogP contribution in [0.5, 0.6) is 0 Å². The van der Waals surface area contributed by atoms with Gasteiger partial charge >= 0.3 is 6.18 Å². The van der Waals surface area contributed by atoms with E-state index in [-0.39, 0.29) is 18.2 Å². The van der Waals surface area contributed by atoms with Crippen molar-refractivity contribution in [3.8, 4) is 17.3 Å². The minimum Gasteiger partial charge on any atom is -0.302 e. The maximum atomic E-state index is 13.6. The first kappa shape index (κ1) is 21.8. The molecule has 0 saturated carbocycles. The molecule has 0 aliphatic rings. The maximum Gasteiger partial charge on any atom is 0.417 e. The highest BCUT2D eigenvalue weighted by Crippen LogP contribution is 2.34. The molecule has 4 nitrogen and oxygen atoms in total. The van der Waals surface area contributed by atoms with Crippen molar-refractivity contribution in [2.24, 2.45) is 0 Å². The number of pyridine rings is 1. The second-order valence-electron chi connectivity index (χ2n) is 7.40. The number of hydrogen-bond donors (Lipinski definition) is 0. The second-order valence-corrected chi connectivity index (χ2v) is 8.52. The topological polar surface area (TPSA) is 58.7 Å². The van der Waals surface area contributed by atoms with Gasteiger partial charge in [-0.1, -0.05) is 37.6 Å². The molecular weight excluding hydrogens is 411 g/mol. The number of alkyl halides is 3. The molecule has 0 N–H and O–H groups in total. The Labute approximate surface area is 176 Å². The van der Waals surface area contributed by atoms with Crippen molar-refractivity contribution in [2.45, 2.75) is 46.3 Å². The summed E-state index contributed by atoms with van der Waals surface area (Å²) in [7, 11) is 0. The van der Waals surface area contributed by atoms with Crippen molar-refractivity contribution >= 4 is 11.3 Å². The van der Waals surface area contributed by atoms with Gasteiger partial charge in [0.1, 0.15) is 11.6 Å². The van der Waals surface area contributed by atoms with Gasteiger partial charge in [0, 0.05) is 10.8 Å². The van der Waals surface area contributed by atoms with Gasteiger partial charge in [0.2, 0.25) is 0 Å². The summed E-state index contributed by atoms with van der Waals surface area (Å²) in [5, 5.41) is 10.2. The summed E-state index contributed by atoms with van der Waals surface area (Å²) >= 11 is 1.43. The molecule has 2 aromatic heterocycles. The molecule has 156 valence electrons. The predicted molar refractivity (Wildman–Crippen MR) is 111 cm³/mol. The molecule has 1 aromatic carbocycles. The zero-order valence-electron chi connectivity index (χ0n) is 17.0. The molecule has 0 spiro atoms. The molecular formula is C22H20F3N3OS. The lowest BCUT2D eigenvalue weighted by molar-refractivity contribution is -0.137. The van der Waals surface area contributed by atoms with Crippen LogP contribution < -0.4 is 5.56 Å². The van der Waals surface area contributed by atoms with Gasteiger partial charge in [-0.2, -0.15) is 18.4 Å². The predicted octanol–water partition coefficient (Wildman–Crippen LogP) is 5.65. The van der Waals surface area contributed by atoms with Crippen LogP contribution in [-0.4, -0.2) is 9.55 Å². The summed E-state index contributed by atoms with van der Waals surface area (Å²) in [6, 6.07) is 9.28. The fourth-order valence-corrected chi connectivity index (χ4v) is 4.22. The van der Waals surface area contributed by atoms with Crippen LogP contribution in [0.3, 0.4) is 0 Å². The van der Waals surface area contributed by atoms with E-state index in [1.165, 1.54) is 22.0 Å². The van der Waals surface area contributed by atoms with Crippen molar-refractivity contribution in [1.29, 1.82) is 5.26 Å². The van der Waals surface area contributed by atoms with Gasteiger partial charge in [-0.05, 0) is 31.5 Å². The van der Waals surface area contributed by atoms with E-state index in [0.29, 0.717) is 5.56 Å². The second kappa shape index (κ2) is 8.07. The summed E-state index contributed by atoms with van der Waals surface area (Å²) in [5.41, 5.74) is -0.897. The van der Waals surface area contributed by atoms with Crippen molar-refractivity contribution in [2.75, 3.05) is 0 Å². The fourth-order valence-electron chi connectivity index (χ4n) is 3.17. The number of thiazole rings is 1. The molecule has 8 heteroatoms. The van der Waals surface area contributed by atoms with Crippen LogP contribution in [0.25, 0.3) is 11.3 Å². The standard InChI is InChI=1S/C22H20F3N3OS/c1-12(2)20-27-14(4)19(30-20)11-28-18(15-7-5-6-13(3)8-15)9-17(22(23,24)25)16(10-26)21(28)29/h5-9,12H,11H2,1-4H3. The molecule has 3 aromatic rings. The maximum absolute atomic E-state index is 13.6. The highest BCUT2D eigenvalue weighted by Gasteiger charge is 2.36. The Morgan fingerprint density at radius 1 is 1.23 bits per heavy atom. The first-order valence-corrected chi connectivity index (χ1v) is 10.1. The van der Waals surface area contributed by atoms with Crippen molar-refractivity contribution in [3.05, 3.63) is 73.0 Å². The summed E-state index contributed by atoms with van der Waals surface area (Å²) in [6.07, 6.45) is -4.81. The third-order valence-corrected chi connectivity index (χ3v) is 6.18. The van der Waals surface area contributed by atoms with Crippen LogP contribution in [0.15, 0.2) is 35.1 Å². The third-order valence-electron chi connectivity index (χ3n) is 4.74. The average molecular weight is 431 g/mol. The van der Waals surface area contributed by atoms with Crippen LogP contribution in [-0.2, 0) is 12.7 Å². The Morgan fingerprint density at radius 2 is 1.93 bits per heavy atom. The zero-order chi connectivity index (χ0) is 22.2. The SMILES string of the molecule is Cc1cccc(-c2cc(C(F)(F)F)c(C#N)c(=O)n2Cc2sc(C(C)C)nc2C)c1. The summed E-state index contributed by atoms with van der Waals surface area (Å²) in [5.74, 6) is 0.192. The normalized spacial score (nSPS) is 11.7. The summed E-state index contributed by atoms with van der Waals surface area (Å²) < 4.78 is 42.0. The van der Waals surface area contributed by atoms with Crippen molar-refractivity contribution < 1.29 is 13.2 Å². The van der Waals surface area contributed by atoms with Crippen molar-refractivity contribution in [1.82, 2.24) is 9.55 Å². The molecule has 30 heavy (non-hydrogen) atoms. The average Bonchev–Trinajstić information content (AvgIpc) is 3.03. The van der Waals surface area contributed by atoms with E-state index >= 15 is 0 Å². The molecule has 3 rings (SSSR count). The van der Waals surface area contributed by atoms with Gasteiger partial charge in [-0.15, -0.1) is 11.3 Å². The molecule has 0 atom stereocenters. The molecule has 0 aliphatic heterocycles. The lowest BCUT2D eigenvalue weighted by atomic mass is 10.0. The van der Waals surface area contributed by atoms with Crippen molar-refractivity contribution in [3.63, 3.8) is 0 Å². The zero-order valence-corrected chi connectivity index (χ0v) is 17.8. The molecule has 0 unspecified atom stereocenters. The first-order valence-electron chi connectivity index (χ1n) is 9.31. The number of aromatic nitrogens is 2. The van der Waals surface area contributed by atoms with Crippen LogP contribution in [0.1, 0.15) is 52.0 Å². The number of halogens is 3. The minimum atomic E-state index is -4.81. The number of benzene rings is 1. The van der Waals surface area contributed by atoms with Crippen LogP contribution in [0.2, 0.25) is 0 Å². The molecule has 0 fully saturated rings. The molecule has 0 bridgehead atoms. The third kappa shape index (κ3) is 4.17. The Kier molecular flexibility index (Phi) is 5.86. The molecule has 0 aliphatic carbocycles. The van der Waals surface area contributed by atoms with Gasteiger partial charge < -0.3 is 4.57 Å². The Balaban J connectivity index is 2.30. The number of nitrogens with zero attached hydrogens (tertiary/aromatic N) is 3. The largest absolute Gasteiger partial charge is 0.417 e. The van der Waals surface area contributed by atoms with Gasteiger partial charge in [0.25, 0.3) is 5.56 Å². The number of rotatable bonds is 4. The molecule has 0 radical (unpaired) electrons. The van der Waals surface area contributed by atoms with Gasteiger partial charge in [-0.3, -0.25) is 4.79 Å². The van der Waals surface area contributed by atoms with Crippen LogP contribution >= 0.6 is 11.3 Å². The minimum absolute atomic E-state index is 0.0468. The lowest BCUT2D eigenvalue weighted by Gasteiger charge is -2.17. The molecule has 0 saturated heterocycles. The van der Waals surface area contributed by atoms with Gasteiger partial charge in [-0.25, -0.2) is 4.98 Å². The first-order chi connectivity index (χ1) is 14.0. The van der Waals surface area contributed by atoms with E-state index < -0.39 is 22.9 Å². The smallest absolute Gasteiger partial charge is 0.302 e. The van der Waals surface area contributed by atoms with Gasteiger partial charge in [0.05, 0.1) is 28.5 Å². The number of aryl methyl sites for hydroxylation is 2. The van der Waals surface area contributed by atoms with E-state index in [1.54, 1.807) is 18.2 Å². The van der Waals surface area contributed by atoms with Gasteiger partial charge in [0.15, 0.2) is 0 Å². The highest BCUT2D eigenvalue weighted by molar-refractivity contribution is 7.11. The van der Waals surface area contributed by atoms with E-state index in [2.05, 4.69) is 4.98 Å². The Bertz CT molecular complexity index is 1200. The van der Waals surface area contributed by atoms with Crippen LogP contribution in [0.4, 0.5) is 13.2 Å². The quantitative estimate of drug-likeness (QED) is 0.536. The van der Waals surface area contributed by atoms with E-state index in [9.17, 15) is 23.2 Å². The Morgan fingerprint density at radius 3 is 2.47 bits per heavy atom. The molecule has 0 amide bonds. The number of hydrogen-bond acceptors (Lipinski definition) is 4. The number of nitriles is 1. The lowest BCUT2D eigenvalue weighted by Crippen LogP contribution is -2.28. The summed E-state index contributed by atoms with van der Waals surface area (Å²) in [6.45, 7) is 7.68. The van der Waals surface area contributed by atoms with Crippen LogP contribution in [0, 0.1) is 25.2 Å². The van der Waals surface area contributed by atoms with E-state index in [4.69, 9.17) is 0 Å². The van der Waals surface area contributed by atoms with E-state index in [1.807, 2.05) is 33.8 Å². The Hall–Kier alpha value is -2.92. The molecule has 2 heterocycles. The van der Waals surface area contributed by atoms with E-state index in [0.717, 1.165) is 27.2 Å². The summed E-state index contributed by atoms with van der Waals surface area (Å²) in [4.78, 5) is 18.3. The monoisotopic (exact) mass is 431 g/mol. The highest BCUT2D eigenvalue weighted by atomic mass is 32.1. The fraction of sp³-hybridized carbons (Fsp3) is 0.318.